The van der Waals surface area contributed by atoms with Gasteiger partial charge in [0.05, 0.1) is 12.7 Å². The van der Waals surface area contributed by atoms with Crippen molar-refractivity contribution in [2.45, 2.75) is 6.17 Å². The fourth-order valence-electron chi connectivity index (χ4n) is 4.12. The fourth-order valence-corrected chi connectivity index (χ4v) is 4.12. The van der Waals surface area contributed by atoms with Crippen molar-refractivity contribution in [2.24, 2.45) is 0 Å². The quantitative estimate of drug-likeness (QED) is 0.346. The monoisotopic (exact) mass is 497 g/mol. The number of hydrogen-bond donors (Lipinski definition) is 2. The summed E-state index contributed by atoms with van der Waals surface area (Å²) in [6, 6.07) is 27.4. The van der Waals surface area contributed by atoms with E-state index in [4.69, 9.17) is 9.47 Å². The van der Waals surface area contributed by atoms with E-state index >= 15 is 0 Å². The molecular weight excluding hydrogens is 473 g/mol. The number of fused-ring (bicyclic) bond motifs is 1. The first-order valence-corrected chi connectivity index (χ1v) is 11.6. The Morgan fingerprint density at radius 1 is 0.919 bits per heavy atom. The summed E-state index contributed by atoms with van der Waals surface area (Å²) in [5.41, 5.74) is 3.37. The van der Waals surface area contributed by atoms with Crippen molar-refractivity contribution in [1.29, 1.82) is 0 Å². The van der Waals surface area contributed by atoms with Gasteiger partial charge in [0.25, 0.3) is 11.8 Å². The second kappa shape index (κ2) is 10.4. The Labute approximate surface area is 213 Å². The van der Waals surface area contributed by atoms with Crippen LogP contribution in [0.4, 0.5) is 21.5 Å². The third kappa shape index (κ3) is 5.23. The van der Waals surface area contributed by atoms with Gasteiger partial charge in [-0.05, 0) is 78.4 Å². The SMILES string of the molecule is COc1ccc(N2C(=O)c3ccccc3NC2c2ccc(OCC(=O)Nc3ccc(F)cc3)cc2)cc1. The number of halogens is 1. The summed E-state index contributed by atoms with van der Waals surface area (Å²) in [7, 11) is 1.59. The van der Waals surface area contributed by atoms with Crippen LogP contribution in [0.25, 0.3) is 0 Å². The summed E-state index contributed by atoms with van der Waals surface area (Å²) >= 11 is 0. The molecule has 8 heteroatoms. The van der Waals surface area contributed by atoms with Crippen molar-refractivity contribution in [2.75, 3.05) is 29.3 Å². The molecule has 4 aromatic rings. The van der Waals surface area contributed by atoms with Crippen LogP contribution < -0.4 is 25.0 Å². The molecule has 0 saturated heterocycles. The second-order valence-electron chi connectivity index (χ2n) is 8.38. The van der Waals surface area contributed by atoms with E-state index in [1.54, 1.807) is 30.2 Å². The van der Waals surface area contributed by atoms with E-state index in [1.165, 1.54) is 24.3 Å². The largest absolute Gasteiger partial charge is 0.497 e. The first-order valence-electron chi connectivity index (χ1n) is 11.6. The van der Waals surface area contributed by atoms with Gasteiger partial charge in [-0.2, -0.15) is 0 Å². The average Bonchev–Trinajstić information content (AvgIpc) is 2.93. The molecule has 2 amide bonds. The number of nitrogens with one attached hydrogen (secondary N) is 2. The first-order chi connectivity index (χ1) is 18.0. The molecule has 0 fully saturated rings. The normalized spacial score (nSPS) is 14.4. The molecule has 37 heavy (non-hydrogen) atoms. The first kappa shape index (κ1) is 23.9. The maximum Gasteiger partial charge on any atom is 0.262 e. The summed E-state index contributed by atoms with van der Waals surface area (Å²) in [4.78, 5) is 27.4. The Bertz CT molecular complexity index is 1410. The van der Waals surface area contributed by atoms with Crippen LogP contribution in [0.1, 0.15) is 22.1 Å². The van der Waals surface area contributed by atoms with E-state index in [-0.39, 0.29) is 24.2 Å². The smallest absolute Gasteiger partial charge is 0.262 e. The van der Waals surface area contributed by atoms with Crippen molar-refractivity contribution < 1.29 is 23.5 Å². The number of para-hydroxylation sites is 1. The minimum atomic E-state index is -0.466. The van der Waals surface area contributed by atoms with Gasteiger partial charge in [-0.15, -0.1) is 0 Å². The molecule has 1 unspecified atom stereocenters. The molecule has 0 radical (unpaired) electrons. The van der Waals surface area contributed by atoms with E-state index in [9.17, 15) is 14.0 Å². The van der Waals surface area contributed by atoms with E-state index in [0.717, 1.165) is 16.9 Å². The van der Waals surface area contributed by atoms with E-state index in [2.05, 4.69) is 10.6 Å². The Balaban J connectivity index is 1.33. The molecule has 186 valence electrons. The molecule has 0 aliphatic carbocycles. The highest BCUT2D eigenvalue weighted by molar-refractivity contribution is 6.12. The van der Waals surface area contributed by atoms with E-state index in [1.807, 2.05) is 54.6 Å². The zero-order valence-electron chi connectivity index (χ0n) is 20.0. The van der Waals surface area contributed by atoms with Crippen molar-refractivity contribution in [3.8, 4) is 11.5 Å². The van der Waals surface area contributed by atoms with Gasteiger partial charge in [-0.3, -0.25) is 14.5 Å². The van der Waals surface area contributed by atoms with E-state index < -0.39 is 6.17 Å². The number of carbonyl (C=O) groups is 2. The van der Waals surface area contributed by atoms with Gasteiger partial charge in [0.1, 0.15) is 23.5 Å². The number of benzene rings is 4. The summed E-state index contributed by atoms with van der Waals surface area (Å²) in [6.07, 6.45) is -0.466. The minimum Gasteiger partial charge on any atom is -0.497 e. The molecule has 1 atom stereocenters. The topological polar surface area (TPSA) is 79.9 Å². The third-order valence-corrected chi connectivity index (χ3v) is 5.97. The number of anilines is 3. The molecule has 1 heterocycles. The van der Waals surface area contributed by atoms with Gasteiger partial charge in [-0.25, -0.2) is 4.39 Å². The van der Waals surface area contributed by atoms with Crippen molar-refractivity contribution in [3.63, 3.8) is 0 Å². The van der Waals surface area contributed by atoms with Gasteiger partial charge in [0.15, 0.2) is 6.61 Å². The highest BCUT2D eigenvalue weighted by Crippen LogP contribution is 2.37. The van der Waals surface area contributed by atoms with Crippen molar-refractivity contribution in [1.82, 2.24) is 0 Å². The molecule has 1 aliphatic rings. The second-order valence-corrected chi connectivity index (χ2v) is 8.38. The van der Waals surface area contributed by atoms with Gasteiger partial charge in [0, 0.05) is 17.1 Å². The predicted octanol–water partition coefficient (Wildman–Crippen LogP) is 5.62. The molecule has 0 spiro atoms. The van der Waals surface area contributed by atoms with Crippen LogP contribution in [0.2, 0.25) is 0 Å². The summed E-state index contributed by atoms with van der Waals surface area (Å²) < 4.78 is 23.9. The fraction of sp³-hybridized carbons (Fsp3) is 0.103. The number of nitrogens with zero attached hydrogens (tertiary/aromatic N) is 1. The number of hydrogen-bond acceptors (Lipinski definition) is 5. The molecule has 4 aromatic carbocycles. The number of ether oxygens (including phenoxy) is 2. The number of rotatable bonds is 7. The number of amides is 2. The van der Waals surface area contributed by atoms with Crippen LogP contribution in [-0.4, -0.2) is 25.5 Å². The maximum atomic E-state index is 13.5. The lowest BCUT2D eigenvalue weighted by molar-refractivity contribution is -0.118. The standard InChI is InChI=1S/C29H24FN3O4/c1-36-23-16-12-22(13-17-23)33-28(32-26-5-3-2-4-25(26)29(33)35)19-6-14-24(15-7-19)37-18-27(34)31-21-10-8-20(30)9-11-21/h2-17,28,32H,18H2,1H3,(H,31,34). The summed E-state index contributed by atoms with van der Waals surface area (Å²) in [6.45, 7) is -0.206. The molecule has 2 N–H and O–H groups in total. The Hall–Kier alpha value is -4.85. The summed E-state index contributed by atoms with van der Waals surface area (Å²) in [5, 5.41) is 6.12. The average molecular weight is 498 g/mol. The number of methoxy groups -OCH3 is 1. The Kier molecular flexibility index (Phi) is 6.72. The highest BCUT2D eigenvalue weighted by Gasteiger charge is 2.34. The van der Waals surface area contributed by atoms with Crippen LogP contribution in [0, 0.1) is 5.82 Å². The Morgan fingerprint density at radius 2 is 1.59 bits per heavy atom. The van der Waals surface area contributed by atoms with Gasteiger partial charge in [-0.1, -0.05) is 24.3 Å². The van der Waals surface area contributed by atoms with Crippen LogP contribution in [0.5, 0.6) is 11.5 Å². The molecule has 5 rings (SSSR count). The lowest BCUT2D eigenvalue weighted by atomic mass is 10.0. The van der Waals surface area contributed by atoms with Crippen LogP contribution >= 0.6 is 0 Å². The summed E-state index contributed by atoms with van der Waals surface area (Å²) in [5.74, 6) is 0.331. The molecule has 1 aliphatic heterocycles. The molecule has 0 bridgehead atoms. The zero-order chi connectivity index (χ0) is 25.8. The highest BCUT2D eigenvalue weighted by atomic mass is 19.1. The number of carbonyl (C=O) groups excluding carboxylic acids is 2. The lowest BCUT2D eigenvalue weighted by Crippen LogP contribution is -2.43. The van der Waals surface area contributed by atoms with Crippen LogP contribution in [-0.2, 0) is 4.79 Å². The van der Waals surface area contributed by atoms with Gasteiger partial charge < -0.3 is 20.1 Å². The third-order valence-electron chi connectivity index (χ3n) is 5.97. The zero-order valence-corrected chi connectivity index (χ0v) is 20.0. The molecule has 7 nitrogen and oxygen atoms in total. The van der Waals surface area contributed by atoms with E-state index in [0.29, 0.717) is 22.7 Å². The molecular formula is C29H24FN3O4. The van der Waals surface area contributed by atoms with Crippen LogP contribution in [0.15, 0.2) is 97.1 Å². The lowest BCUT2D eigenvalue weighted by Gasteiger charge is -2.38. The Morgan fingerprint density at radius 3 is 2.30 bits per heavy atom. The van der Waals surface area contributed by atoms with Crippen molar-refractivity contribution in [3.05, 3.63) is 114 Å². The molecule has 0 aromatic heterocycles. The van der Waals surface area contributed by atoms with Crippen LogP contribution in [0.3, 0.4) is 0 Å². The van der Waals surface area contributed by atoms with Gasteiger partial charge in [0.2, 0.25) is 0 Å². The van der Waals surface area contributed by atoms with Crippen molar-refractivity contribution >= 4 is 28.9 Å². The minimum absolute atomic E-state index is 0.123. The molecule has 0 saturated carbocycles. The van der Waals surface area contributed by atoms with Gasteiger partial charge >= 0.3 is 0 Å². The predicted molar refractivity (Wildman–Crippen MR) is 140 cm³/mol. The maximum absolute atomic E-state index is 13.5.